The van der Waals surface area contributed by atoms with Crippen molar-refractivity contribution < 1.29 is 17.9 Å². The van der Waals surface area contributed by atoms with Crippen molar-refractivity contribution in [2.24, 2.45) is 0 Å². The van der Waals surface area contributed by atoms with Crippen LogP contribution in [0.2, 0.25) is 0 Å². The van der Waals surface area contributed by atoms with E-state index >= 15 is 0 Å². The second-order valence-corrected chi connectivity index (χ2v) is 9.56. The highest BCUT2D eigenvalue weighted by atomic mass is 32.2. The van der Waals surface area contributed by atoms with Crippen molar-refractivity contribution in [1.29, 1.82) is 0 Å². The van der Waals surface area contributed by atoms with Crippen LogP contribution in [0.1, 0.15) is 12.5 Å². The van der Waals surface area contributed by atoms with Crippen LogP contribution in [-0.2, 0) is 21.1 Å². The van der Waals surface area contributed by atoms with Crippen molar-refractivity contribution in [3.05, 3.63) is 60.3 Å². The molecular formula is C23H24N4O4S. The zero-order chi connectivity index (χ0) is 22.9. The quantitative estimate of drug-likeness (QED) is 0.585. The molecule has 2 heterocycles. The van der Waals surface area contributed by atoms with E-state index in [2.05, 4.69) is 15.6 Å². The van der Waals surface area contributed by atoms with Gasteiger partial charge in [-0.2, -0.15) is 0 Å². The van der Waals surface area contributed by atoms with Crippen molar-refractivity contribution >= 4 is 44.3 Å². The Hall–Kier alpha value is -3.59. The Morgan fingerprint density at radius 3 is 2.62 bits per heavy atom. The maximum Gasteiger partial charge on any atom is 0.223 e. The molecule has 3 aromatic rings. The molecule has 1 amide bonds. The van der Waals surface area contributed by atoms with E-state index in [-0.39, 0.29) is 10.8 Å². The number of amides is 1. The van der Waals surface area contributed by atoms with Gasteiger partial charge in [-0.1, -0.05) is 12.1 Å². The first-order chi connectivity index (χ1) is 15.3. The number of ether oxygens (including phenoxy) is 1. The average molecular weight is 453 g/mol. The first-order valence-electron chi connectivity index (χ1n) is 10.0. The SMILES string of the molecule is COc1ccc(S(C)(=O)=O)cc1Nc1cc(Nc2cccc3c2N(C(C)=O)CC3)ccn1. The lowest BCUT2D eigenvalue weighted by Gasteiger charge is -2.20. The third-order valence-corrected chi connectivity index (χ3v) is 6.39. The van der Waals surface area contributed by atoms with Gasteiger partial charge in [0.2, 0.25) is 5.91 Å². The summed E-state index contributed by atoms with van der Waals surface area (Å²) < 4.78 is 29.2. The zero-order valence-electron chi connectivity index (χ0n) is 18.0. The predicted octanol–water partition coefficient (Wildman–Crippen LogP) is 3.89. The Bertz CT molecular complexity index is 1290. The fourth-order valence-electron chi connectivity index (χ4n) is 3.76. The molecule has 32 heavy (non-hydrogen) atoms. The first-order valence-corrected chi connectivity index (χ1v) is 11.9. The van der Waals surface area contributed by atoms with Gasteiger partial charge in [-0.05, 0) is 42.3 Å². The number of nitrogens with zero attached hydrogens (tertiary/aromatic N) is 2. The molecule has 0 aliphatic carbocycles. The van der Waals surface area contributed by atoms with Crippen molar-refractivity contribution in [1.82, 2.24) is 4.98 Å². The summed E-state index contributed by atoms with van der Waals surface area (Å²) in [6.07, 6.45) is 3.62. The van der Waals surface area contributed by atoms with E-state index in [9.17, 15) is 13.2 Å². The number of hydrogen-bond acceptors (Lipinski definition) is 7. The van der Waals surface area contributed by atoms with Gasteiger partial charge >= 0.3 is 0 Å². The third kappa shape index (κ3) is 4.38. The number of fused-ring (bicyclic) bond motifs is 1. The Kier molecular flexibility index (Phi) is 5.75. The van der Waals surface area contributed by atoms with Crippen molar-refractivity contribution in [3.63, 3.8) is 0 Å². The number of hydrogen-bond donors (Lipinski definition) is 2. The van der Waals surface area contributed by atoms with Crippen LogP contribution in [0.3, 0.4) is 0 Å². The Morgan fingerprint density at radius 1 is 1.09 bits per heavy atom. The molecule has 0 unspecified atom stereocenters. The van der Waals surface area contributed by atoms with Crippen LogP contribution in [-0.4, -0.2) is 39.2 Å². The minimum atomic E-state index is -3.37. The number of methoxy groups -OCH3 is 1. The predicted molar refractivity (Wildman–Crippen MR) is 125 cm³/mol. The van der Waals surface area contributed by atoms with E-state index in [1.165, 1.54) is 19.2 Å². The standard InChI is InChI=1S/C23H24N4O4S/c1-15(28)27-12-10-16-5-4-6-19(23(16)27)25-17-9-11-24-22(13-17)26-20-14-18(32(3,29)30)7-8-21(20)31-2/h4-9,11,13-14H,10,12H2,1-3H3,(H2,24,25,26). The Morgan fingerprint density at radius 2 is 1.91 bits per heavy atom. The number of pyridine rings is 1. The van der Waals surface area contributed by atoms with Crippen molar-refractivity contribution in [2.75, 3.05) is 35.4 Å². The molecule has 0 radical (unpaired) electrons. The van der Waals surface area contributed by atoms with Crippen LogP contribution in [0.25, 0.3) is 0 Å². The molecule has 4 rings (SSSR count). The lowest BCUT2D eigenvalue weighted by atomic mass is 10.1. The molecule has 0 atom stereocenters. The van der Waals surface area contributed by atoms with Gasteiger partial charge in [0.05, 0.1) is 29.1 Å². The zero-order valence-corrected chi connectivity index (χ0v) is 18.9. The highest BCUT2D eigenvalue weighted by Gasteiger charge is 2.25. The molecule has 1 aliphatic rings. The van der Waals surface area contributed by atoms with Crippen LogP contribution < -0.4 is 20.3 Å². The van der Waals surface area contributed by atoms with E-state index < -0.39 is 9.84 Å². The number of aromatic nitrogens is 1. The largest absolute Gasteiger partial charge is 0.495 e. The normalized spacial score (nSPS) is 12.9. The van der Waals surface area contributed by atoms with E-state index in [1.54, 1.807) is 30.2 Å². The molecule has 2 aromatic carbocycles. The Labute approximate surface area is 187 Å². The number of carbonyl (C=O) groups excluding carboxylic acids is 1. The van der Waals surface area contributed by atoms with Gasteiger partial charge < -0.3 is 20.3 Å². The molecular weight excluding hydrogens is 428 g/mol. The lowest BCUT2D eigenvalue weighted by molar-refractivity contribution is -0.116. The maximum atomic E-state index is 12.1. The number of nitrogens with one attached hydrogen (secondary N) is 2. The molecule has 0 saturated carbocycles. The molecule has 1 aliphatic heterocycles. The smallest absolute Gasteiger partial charge is 0.223 e. The fraction of sp³-hybridized carbons (Fsp3) is 0.217. The second-order valence-electron chi connectivity index (χ2n) is 7.55. The molecule has 0 fully saturated rings. The van der Waals surface area contributed by atoms with Crippen LogP contribution >= 0.6 is 0 Å². The van der Waals surface area contributed by atoms with Crippen LogP contribution in [0.15, 0.2) is 59.6 Å². The molecule has 0 saturated heterocycles. The second kappa shape index (κ2) is 8.51. The summed E-state index contributed by atoms with van der Waals surface area (Å²) in [5, 5.41) is 6.51. The lowest BCUT2D eigenvalue weighted by Crippen LogP contribution is -2.26. The van der Waals surface area contributed by atoms with Crippen LogP contribution in [0.5, 0.6) is 5.75 Å². The van der Waals surface area contributed by atoms with E-state index in [0.717, 1.165) is 35.3 Å². The maximum absolute atomic E-state index is 12.1. The molecule has 9 heteroatoms. The summed E-state index contributed by atoms with van der Waals surface area (Å²) in [5.41, 5.74) is 4.12. The minimum Gasteiger partial charge on any atom is -0.495 e. The summed E-state index contributed by atoms with van der Waals surface area (Å²) in [6, 6.07) is 14.2. The summed E-state index contributed by atoms with van der Waals surface area (Å²) in [4.78, 5) is 18.3. The topological polar surface area (TPSA) is 101 Å². The van der Waals surface area contributed by atoms with E-state index in [4.69, 9.17) is 4.74 Å². The highest BCUT2D eigenvalue weighted by molar-refractivity contribution is 7.90. The molecule has 0 bridgehead atoms. The number of benzene rings is 2. The first kappa shape index (κ1) is 21.6. The molecule has 8 nitrogen and oxygen atoms in total. The Balaban J connectivity index is 1.63. The molecule has 0 spiro atoms. The third-order valence-electron chi connectivity index (χ3n) is 5.28. The monoisotopic (exact) mass is 452 g/mol. The van der Waals surface area contributed by atoms with Crippen LogP contribution in [0.4, 0.5) is 28.6 Å². The number of rotatable bonds is 6. The molecule has 166 valence electrons. The number of anilines is 5. The summed E-state index contributed by atoms with van der Waals surface area (Å²) in [7, 11) is -1.85. The highest BCUT2D eigenvalue weighted by Crippen LogP contribution is 2.37. The molecule has 1 aromatic heterocycles. The van der Waals surface area contributed by atoms with E-state index in [0.29, 0.717) is 23.8 Å². The average Bonchev–Trinajstić information content (AvgIpc) is 3.19. The van der Waals surface area contributed by atoms with Gasteiger partial charge in [-0.3, -0.25) is 4.79 Å². The van der Waals surface area contributed by atoms with Gasteiger partial charge in [-0.25, -0.2) is 13.4 Å². The minimum absolute atomic E-state index is 0.00735. The van der Waals surface area contributed by atoms with Gasteiger partial charge in [0.1, 0.15) is 11.6 Å². The van der Waals surface area contributed by atoms with Gasteiger partial charge in [0.15, 0.2) is 9.84 Å². The molecule has 2 N–H and O–H groups in total. The van der Waals surface area contributed by atoms with E-state index in [1.807, 2.05) is 24.3 Å². The summed E-state index contributed by atoms with van der Waals surface area (Å²) >= 11 is 0. The summed E-state index contributed by atoms with van der Waals surface area (Å²) in [5.74, 6) is 1.01. The fourth-order valence-corrected chi connectivity index (χ4v) is 4.40. The number of para-hydroxylation sites is 1. The number of carbonyl (C=O) groups is 1. The van der Waals surface area contributed by atoms with Gasteiger partial charge in [-0.15, -0.1) is 0 Å². The van der Waals surface area contributed by atoms with Crippen LogP contribution in [0, 0.1) is 0 Å². The van der Waals surface area contributed by atoms with Crippen molar-refractivity contribution in [2.45, 2.75) is 18.2 Å². The van der Waals surface area contributed by atoms with Gasteiger partial charge in [0.25, 0.3) is 0 Å². The van der Waals surface area contributed by atoms with Gasteiger partial charge in [0, 0.05) is 37.7 Å². The number of sulfone groups is 1. The summed E-state index contributed by atoms with van der Waals surface area (Å²) in [6.45, 7) is 2.24. The van der Waals surface area contributed by atoms with Crippen molar-refractivity contribution in [3.8, 4) is 5.75 Å².